The molecule has 0 radical (unpaired) electrons. The molecule has 23 heavy (non-hydrogen) atoms. The number of hydrogen-bond donors (Lipinski definition) is 2. The summed E-state index contributed by atoms with van der Waals surface area (Å²) in [6.07, 6.45) is 2.94. The average Bonchev–Trinajstić information content (AvgIpc) is 2.93. The Balaban J connectivity index is 1.66. The molecule has 2 N–H and O–H groups in total. The largest absolute Gasteiger partial charge is 0.478 e. The molecular weight excluding hydrogens is 310 g/mol. The Morgan fingerprint density at radius 1 is 1.17 bits per heavy atom. The summed E-state index contributed by atoms with van der Waals surface area (Å²) in [6, 6.07) is 11.0. The topological polar surface area (TPSA) is 66.4 Å². The van der Waals surface area contributed by atoms with Gasteiger partial charge in [0.25, 0.3) is 0 Å². The van der Waals surface area contributed by atoms with E-state index in [0.29, 0.717) is 19.4 Å². The Labute approximate surface area is 140 Å². The van der Waals surface area contributed by atoms with E-state index in [1.165, 1.54) is 9.75 Å². The maximum absolute atomic E-state index is 11.8. The van der Waals surface area contributed by atoms with E-state index in [9.17, 15) is 9.59 Å². The van der Waals surface area contributed by atoms with Crippen molar-refractivity contribution in [2.24, 2.45) is 0 Å². The zero-order valence-electron chi connectivity index (χ0n) is 13.2. The van der Waals surface area contributed by atoms with Gasteiger partial charge in [0, 0.05) is 22.7 Å². The van der Waals surface area contributed by atoms with Crippen molar-refractivity contribution in [1.82, 2.24) is 5.32 Å². The van der Waals surface area contributed by atoms with E-state index < -0.39 is 5.97 Å². The van der Waals surface area contributed by atoms with Gasteiger partial charge in [-0.2, -0.15) is 0 Å². The predicted molar refractivity (Wildman–Crippen MR) is 92.1 cm³/mol. The number of carbonyl (C=O) groups excluding carboxylic acids is 1. The second-order valence-electron chi connectivity index (χ2n) is 5.47. The number of benzene rings is 1. The van der Waals surface area contributed by atoms with Crippen LogP contribution in [-0.4, -0.2) is 23.5 Å². The Bertz CT molecular complexity index is 678. The minimum Gasteiger partial charge on any atom is -0.478 e. The molecule has 1 amide bonds. The van der Waals surface area contributed by atoms with E-state index >= 15 is 0 Å². The highest BCUT2D eigenvalue weighted by molar-refractivity contribution is 7.11. The van der Waals surface area contributed by atoms with Crippen LogP contribution in [0, 0.1) is 6.92 Å². The highest BCUT2D eigenvalue weighted by atomic mass is 32.1. The van der Waals surface area contributed by atoms with Gasteiger partial charge in [-0.15, -0.1) is 11.3 Å². The smallest absolute Gasteiger partial charge is 0.335 e. The van der Waals surface area contributed by atoms with Gasteiger partial charge in [-0.1, -0.05) is 12.1 Å². The minimum atomic E-state index is -0.931. The Morgan fingerprint density at radius 3 is 2.70 bits per heavy atom. The van der Waals surface area contributed by atoms with Crippen molar-refractivity contribution in [3.8, 4) is 0 Å². The van der Waals surface area contributed by atoms with E-state index in [4.69, 9.17) is 5.11 Å². The van der Waals surface area contributed by atoms with E-state index in [1.54, 1.807) is 29.5 Å². The summed E-state index contributed by atoms with van der Waals surface area (Å²) in [6.45, 7) is 2.61. The van der Waals surface area contributed by atoms with Crippen LogP contribution in [0.25, 0.3) is 0 Å². The molecule has 0 aliphatic carbocycles. The molecule has 1 heterocycles. The molecule has 2 aromatic rings. The lowest BCUT2D eigenvalue weighted by Crippen LogP contribution is -2.25. The van der Waals surface area contributed by atoms with Gasteiger partial charge in [0.1, 0.15) is 0 Å². The molecular formula is C18H21NO3S. The minimum absolute atomic E-state index is 0.0488. The fraction of sp³-hybridized carbons (Fsp3) is 0.333. The van der Waals surface area contributed by atoms with Crippen LogP contribution in [0.2, 0.25) is 0 Å². The van der Waals surface area contributed by atoms with Crippen LogP contribution in [0.15, 0.2) is 36.4 Å². The molecule has 5 heteroatoms. The summed E-state index contributed by atoms with van der Waals surface area (Å²) < 4.78 is 0. The number of amides is 1. The molecule has 1 aromatic heterocycles. The maximum atomic E-state index is 11.8. The lowest BCUT2D eigenvalue weighted by molar-refractivity contribution is -0.121. The van der Waals surface area contributed by atoms with Crippen LogP contribution in [0.1, 0.15) is 38.5 Å². The van der Waals surface area contributed by atoms with E-state index in [-0.39, 0.29) is 11.5 Å². The van der Waals surface area contributed by atoms with Gasteiger partial charge < -0.3 is 10.4 Å². The molecule has 0 bridgehead atoms. The van der Waals surface area contributed by atoms with Gasteiger partial charge >= 0.3 is 5.97 Å². The van der Waals surface area contributed by atoms with Crippen molar-refractivity contribution < 1.29 is 14.7 Å². The number of carboxylic acid groups (broad SMARTS) is 1. The van der Waals surface area contributed by atoms with Crippen molar-refractivity contribution in [2.75, 3.05) is 6.54 Å². The number of hydrogen-bond acceptors (Lipinski definition) is 3. The normalized spacial score (nSPS) is 10.5. The third kappa shape index (κ3) is 5.87. The Hall–Kier alpha value is -2.14. The third-order valence-electron chi connectivity index (χ3n) is 3.53. The summed E-state index contributed by atoms with van der Waals surface area (Å²) in [4.78, 5) is 25.3. The number of rotatable bonds is 8. The van der Waals surface area contributed by atoms with Gasteiger partial charge in [0.05, 0.1) is 5.56 Å². The highest BCUT2D eigenvalue weighted by Gasteiger charge is 2.05. The van der Waals surface area contributed by atoms with Gasteiger partial charge in [-0.05, 0) is 56.0 Å². The molecule has 0 fully saturated rings. The standard InChI is InChI=1S/C18H21NO3S/c1-13-8-9-16(23-13)6-3-7-17(20)19-11-10-14-4-2-5-15(12-14)18(21)22/h2,4-5,8-9,12H,3,6-7,10-11H2,1H3,(H,19,20)(H,21,22). The Morgan fingerprint density at radius 2 is 2.00 bits per heavy atom. The first kappa shape index (κ1) is 17.2. The van der Waals surface area contributed by atoms with Crippen LogP contribution in [-0.2, 0) is 17.6 Å². The van der Waals surface area contributed by atoms with Crippen molar-refractivity contribution in [3.05, 3.63) is 57.3 Å². The van der Waals surface area contributed by atoms with Crippen molar-refractivity contribution in [1.29, 1.82) is 0 Å². The summed E-state index contributed by atoms with van der Waals surface area (Å²) in [7, 11) is 0. The molecule has 4 nitrogen and oxygen atoms in total. The van der Waals surface area contributed by atoms with Crippen LogP contribution >= 0.6 is 11.3 Å². The molecule has 0 saturated carbocycles. The van der Waals surface area contributed by atoms with E-state index in [0.717, 1.165) is 18.4 Å². The molecule has 0 unspecified atom stereocenters. The van der Waals surface area contributed by atoms with Crippen LogP contribution in [0.5, 0.6) is 0 Å². The number of thiophene rings is 1. The summed E-state index contributed by atoms with van der Waals surface area (Å²) in [5, 5.41) is 11.8. The third-order valence-corrected chi connectivity index (χ3v) is 4.59. The lowest BCUT2D eigenvalue weighted by Gasteiger charge is -2.06. The van der Waals surface area contributed by atoms with Crippen LogP contribution in [0.3, 0.4) is 0 Å². The number of carbonyl (C=O) groups is 2. The summed E-state index contributed by atoms with van der Waals surface area (Å²) in [5.74, 6) is -0.882. The summed E-state index contributed by atoms with van der Waals surface area (Å²) in [5.41, 5.74) is 1.19. The molecule has 2 rings (SSSR count). The first-order valence-corrected chi connectivity index (χ1v) is 8.50. The average molecular weight is 331 g/mol. The van der Waals surface area contributed by atoms with Gasteiger partial charge in [0.2, 0.25) is 5.91 Å². The second-order valence-corrected chi connectivity index (χ2v) is 6.84. The van der Waals surface area contributed by atoms with Gasteiger partial charge in [-0.3, -0.25) is 4.79 Å². The Kier molecular flexibility index (Phi) is 6.35. The quantitative estimate of drug-likeness (QED) is 0.779. The van der Waals surface area contributed by atoms with E-state index in [1.807, 2.05) is 6.07 Å². The summed E-state index contributed by atoms with van der Waals surface area (Å²) >= 11 is 1.78. The fourth-order valence-electron chi connectivity index (χ4n) is 2.34. The molecule has 122 valence electrons. The van der Waals surface area contributed by atoms with Crippen molar-refractivity contribution in [2.45, 2.75) is 32.6 Å². The zero-order chi connectivity index (χ0) is 16.7. The maximum Gasteiger partial charge on any atom is 0.335 e. The number of nitrogens with one attached hydrogen (secondary N) is 1. The van der Waals surface area contributed by atoms with Crippen molar-refractivity contribution in [3.63, 3.8) is 0 Å². The first-order chi connectivity index (χ1) is 11.0. The predicted octanol–water partition coefficient (Wildman–Crippen LogP) is 3.44. The molecule has 0 spiro atoms. The number of aromatic carboxylic acids is 1. The lowest BCUT2D eigenvalue weighted by atomic mass is 10.1. The molecule has 0 aliphatic rings. The second kappa shape index (κ2) is 8.48. The monoisotopic (exact) mass is 331 g/mol. The first-order valence-electron chi connectivity index (χ1n) is 7.69. The van der Waals surface area contributed by atoms with Crippen molar-refractivity contribution >= 4 is 23.2 Å². The number of carboxylic acids is 1. The molecule has 0 atom stereocenters. The molecule has 0 aliphatic heterocycles. The highest BCUT2D eigenvalue weighted by Crippen LogP contribution is 2.17. The van der Waals surface area contributed by atoms with E-state index in [2.05, 4.69) is 24.4 Å². The van der Waals surface area contributed by atoms with Crippen LogP contribution < -0.4 is 5.32 Å². The zero-order valence-corrected chi connectivity index (χ0v) is 14.0. The number of aryl methyl sites for hydroxylation is 2. The van der Waals surface area contributed by atoms with Crippen LogP contribution in [0.4, 0.5) is 0 Å². The van der Waals surface area contributed by atoms with Gasteiger partial charge in [0.15, 0.2) is 0 Å². The SMILES string of the molecule is Cc1ccc(CCCC(=O)NCCc2cccc(C(=O)O)c2)s1. The van der Waals surface area contributed by atoms with Gasteiger partial charge in [-0.25, -0.2) is 4.79 Å². The fourth-order valence-corrected chi connectivity index (χ4v) is 3.27. The molecule has 0 saturated heterocycles. The molecule has 1 aromatic carbocycles.